The Bertz CT molecular complexity index is 641. The fraction of sp³-hybridized carbons (Fsp3) is 0. The number of para-hydroxylation sites is 3. The zero-order valence-corrected chi connectivity index (χ0v) is 12.2. The number of hydrogen-bond acceptors (Lipinski definition) is 3. The molecule has 0 spiro atoms. The van der Waals surface area contributed by atoms with Gasteiger partial charge in [-0.1, -0.05) is 54.2 Å². The van der Waals surface area contributed by atoms with E-state index in [1.54, 1.807) is 24.3 Å². The van der Waals surface area contributed by atoms with Gasteiger partial charge in [0.25, 0.3) is 0 Å². The maximum atomic E-state index is 8.63. The van der Waals surface area contributed by atoms with Crippen LogP contribution in [0.2, 0.25) is 0 Å². The molecule has 3 aromatic carbocycles. The molecule has 1 aliphatic heterocycles. The Morgan fingerprint density at radius 2 is 1.10 bits per heavy atom. The number of phenolic OH excluding ortho intramolecular Hbond substituents is 1. The lowest BCUT2D eigenvalue weighted by molar-refractivity contribution is 0.475. The van der Waals surface area contributed by atoms with Crippen LogP contribution in [0.1, 0.15) is 0 Å². The van der Waals surface area contributed by atoms with Crippen LogP contribution in [0, 0.1) is 0 Å². The van der Waals surface area contributed by atoms with Gasteiger partial charge >= 0.3 is 0 Å². The Labute approximate surface area is 128 Å². The predicted molar refractivity (Wildman–Crippen MR) is 88.4 cm³/mol. The van der Waals surface area contributed by atoms with Crippen LogP contribution >= 0.6 is 11.8 Å². The first-order chi connectivity index (χ1) is 10.3. The summed E-state index contributed by atoms with van der Waals surface area (Å²) in [6, 6.07) is 25.5. The van der Waals surface area contributed by atoms with Crippen molar-refractivity contribution in [2.24, 2.45) is 0 Å². The SMILES string of the molecule is Oc1ccccc1.c1ccc2c(c1)Nc1ccccc1S2. The van der Waals surface area contributed by atoms with Gasteiger partial charge in [-0.15, -0.1) is 0 Å². The highest BCUT2D eigenvalue weighted by molar-refractivity contribution is 7.99. The molecule has 1 heterocycles. The summed E-state index contributed by atoms with van der Waals surface area (Å²) < 4.78 is 0. The Morgan fingerprint density at radius 3 is 1.57 bits per heavy atom. The van der Waals surface area contributed by atoms with Crippen LogP contribution < -0.4 is 5.32 Å². The standard InChI is InChI=1S/C12H9NS.C6H6O/c1-3-7-11-9(5-1)13-10-6-2-4-8-12(10)14-11;7-6-4-2-1-3-5-6/h1-8,13H;1-5,7H. The minimum Gasteiger partial charge on any atom is -0.508 e. The Morgan fingerprint density at radius 1 is 0.619 bits per heavy atom. The van der Waals surface area contributed by atoms with Gasteiger partial charge in [-0.3, -0.25) is 0 Å². The van der Waals surface area contributed by atoms with E-state index in [0.29, 0.717) is 5.75 Å². The summed E-state index contributed by atoms with van der Waals surface area (Å²) in [7, 11) is 0. The number of rotatable bonds is 0. The fourth-order valence-electron chi connectivity index (χ4n) is 2.01. The van der Waals surface area contributed by atoms with Crippen molar-refractivity contribution in [3.63, 3.8) is 0 Å². The van der Waals surface area contributed by atoms with E-state index in [4.69, 9.17) is 5.11 Å². The molecule has 2 nitrogen and oxygen atoms in total. The molecular formula is C18H15NOS. The number of anilines is 2. The van der Waals surface area contributed by atoms with Gasteiger partial charge in [0, 0.05) is 9.79 Å². The average Bonchev–Trinajstić information content (AvgIpc) is 2.54. The Balaban J connectivity index is 0.000000160. The number of benzene rings is 3. The molecule has 2 N–H and O–H groups in total. The molecule has 0 amide bonds. The molecule has 21 heavy (non-hydrogen) atoms. The molecule has 0 unspecified atom stereocenters. The fourth-order valence-corrected chi connectivity index (χ4v) is 3.00. The third kappa shape index (κ3) is 3.38. The molecule has 104 valence electrons. The third-order valence-corrected chi connectivity index (χ3v) is 4.17. The van der Waals surface area contributed by atoms with Gasteiger partial charge in [-0.05, 0) is 36.4 Å². The smallest absolute Gasteiger partial charge is 0.115 e. The van der Waals surface area contributed by atoms with Crippen molar-refractivity contribution in [3.8, 4) is 5.75 Å². The lowest BCUT2D eigenvalue weighted by Gasteiger charge is -2.19. The summed E-state index contributed by atoms with van der Waals surface area (Å²) in [6.07, 6.45) is 0. The third-order valence-electron chi connectivity index (χ3n) is 3.02. The molecule has 0 aromatic heterocycles. The van der Waals surface area contributed by atoms with Crippen LogP contribution in [0.3, 0.4) is 0 Å². The number of nitrogens with one attached hydrogen (secondary N) is 1. The second-order valence-electron chi connectivity index (χ2n) is 4.55. The van der Waals surface area contributed by atoms with E-state index in [0.717, 1.165) is 0 Å². The highest BCUT2D eigenvalue weighted by atomic mass is 32.2. The van der Waals surface area contributed by atoms with Crippen LogP contribution in [-0.4, -0.2) is 5.11 Å². The molecule has 0 aliphatic carbocycles. The van der Waals surface area contributed by atoms with Crippen molar-refractivity contribution in [2.75, 3.05) is 5.32 Å². The van der Waals surface area contributed by atoms with Crippen LogP contribution in [0.5, 0.6) is 5.75 Å². The van der Waals surface area contributed by atoms with Crippen molar-refractivity contribution < 1.29 is 5.11 Å². The molecule has 0 bridgehead atoms. The van der Waals surface area contributed by atoms with Crippen molar-refractivity contribution in [2.45, 2.75) is 9.79 Å². The number of aromatic hydroxyl groups is 1. The maximum absolute atomic E-state index is 8.63. The topological polar surface area (TPSA) is 32.3 Å². The average molecular weight is 293 g/mol. The van der Waals surface area contributed by atoms with Gasteiger partial charge in [-0.2, -0.15) is 0 Å². The lowest BCUT2D eigenvalue weighted by Crippen LogP contribution is -1.98. The maximum Gasteiger partial charge on any atom is 0.115 e. The monoisotopic (exact) mass is 293 g/mol. The second kappa shape index (κ2) is 6.37. The van der Waals surface area contributed by atoms with Crippen LogP contribution in [0.15, 0.2) is 88.7 Å². The van der Waals surface area contributed by atoms with E-state index in [9.17, 15) is 0 Å². The quantitative estimate of drug-likeness (QED) is 0.462. The molecule has 3 heteroatoms. The zero-order valence-electron chi connectivity index (χ0n) is 11.4. The lowest BCUT2D eigenvalue weighted by atomic mass is 10.2. The second-order valence-corrected chi connectivity index (χ2v) is 5.64. The first-order valence-electron chi connectivity index (χ1n) is 6.70. The molecular weight excluding hydrogens is 278 g/mol. The van der Waals surface area contributed by atoms with Gasteiger partial charge in [-0.25, -0.2) is 0 Å². The summed E-state index contributed by atoms with van der Waals surface area (Å²) in [5, 5.41) is 12.1. The normalized spacial score (nSPS) is 11.2. The van der Waals surface area contributed by atoms with Gasteiger partial charge in [0.1, 0.15) is 5.75 Å². The highest BCUT2D eigenvalue weighted by Gasteiger charge is 2.13. The molecule has 4 rings (SSSR count). The van der Waals surface area contributed by atoms with Gasteiger partial charge in [0.05, 0.1) is 11.4 Å². The summed E-state index contributed by atoms with van der Waals surface area (Å²) in [5.41, 5.74) is 2.41. The van der Waals surface area contributed by atoms with E-state index in [1.807, 2.05) is 17.8 Å². The largest absolute Gasteiger partial charge is 0.508 e. The molecule has 0 radical (unpaired) electrons. The van der Waals surface area contributed by atoms with E-state index in [1.165, 1.54) is 21.2 Å². The van der Waals surface area contributed by atoms with E-state index < -0.39 is 0 Å². The minimum absolute atomic E-state index is 0.322. The molecule has 0 saturated carbocycles. The number of fused-ring (bicyclic) bond motifs is 2. The van der Waals surface area contributed by atoms with Crippen molar-refractivity contribution in [3.05, 3.63) is 78.9 Å². The van der Waals surface area contributed by atoms with E-state index in [-0.39, 0.29) is 0 Å². The minimum atomic E-state index is 0.322. The van der Waals surface area contributed by atoms with Gasteiger partial charge < -0.3 is 10.4 Å². The summed E-state index contributed by atoms with van der Waals surface area (Å²) in [5.74, 6) is 0.322. The first kappa shape index (κ1) is 13.6. The predicted octanol–water partition coefficient (Wildman–Crippen LogP) is 5.29. The van der Waals surface area contributed by atoms with Crippen LogP contribution in [0.25, 0.3) is 0 Å². The molecule has 0 fully saturated rings. The van der Waals surface area contributed by atoms with Crippen LogP contribution in [0.4, 0.5) is 11.4 Å². The first-order valence-corrected chi connectivity index (χ1v) is 7.51. The summed E-state index contributed by atoms with van der Waals surface area (Å²) in [6.45, 7) is 0. The molecule has 0 atom stereocenters. The van der Waals surface area contributed by atoms with Crippen LogP contribution in [-0.2, 0) is 0 Å². The van der Waals surface area contributed by atoms with Crippen molar-refractivity contribution in [1.82, 2.24) is 0 Å². The molecule has 0 saturated heterocycles. The molecule has 3 aromatic rings. The van der Waals surface area contributed by atoms with E-state index in [2.05, 4.69) is 53.8 Å². The Kier molecular flexibility index (Phi) is 4.12. The molecule has 1 aliphatic rings. The number of hydrogen-bond donors (Lipinski definition) is 2. The summed E-state index contributed by atoms with van der Waals surface area (Å²) in [4.78, 5) is 2.59. The highest BCUT2D eigenvalue weighted by Crippen LogP contribution is 2.43. The Hall–Kier alpha value is -2.39. The van der Waals surface area contributed by atoms with E-state index >= 15 is 0 Å². The van der Waals surface area contributed by atoms with Crippen molar-refractivity contribution >= 4 is 23.1 Å². The van der Waals surface area contributed by atoms with Crippen molar-refractivity contribution in [1.29, 1.82) is 0 Å². The zero-order chi connectivity index (χ0) is 14.5. The van der Waals surface area contributed by atoms with Gasteiger partial charge in [0.2, 0.25) is 0 Å². The summed E-state index contributed by atoms with van der Waals surface area (Å²) >= 11 is 1.82. The van der Waals surface area contributed by atoms with Gasteiger partial charge in [0.15, 0.2) is 0 Å². The number of phenols is 1.